The maximum absolute atomic E-state index is 11.9. The minimum atomic E-state index is -4.95. The van der Waals surface area contributed by atoms with Crippen molar-refractivity contribution in [3.63, 3.8) is 0 Å². The van der Waals surface area contributed by atoms with Crippen molar-refractivity contribution in [1.29, 1.82) is 0 Å². The van der Waals surface area contributed by atoms with Gasteiger partial charge >= 0.3 is 12.3 Å². The van der Waals surface area contributed by atoms with Gasteiger partial charge in [-0.1, -0.05) is 17.7 Å². The van der Waals surface area contributed by atoms with Gasteiger partial charge in [0.05, 0.1) is 5.02 Å². The number of carboxylic acids is 1. The van der Waals surface area contributed by atoms with Gasteiger partial charge < -0.3 is 9.84 Å². The molecule has 0 unspecified atom stereocenters. The van der Waals surface area contributed by atoms with Gasteiger partial charge in [0.15, 0.2) is 0 Å². The number of aromatic carboxylic acids is 1. The molecule has 0 aliphatic rings. The quantitative estimate of drug-likeness (QED) is 0.864. The summed E-state index contributed by atoms with van der Waals surface area (Å²) in [4.78, 5) is 10.6. The first-order valence-corrected chi connectivity index (χ1v) is 3.96. The monoisotopic (exact) mass is 240 g/mol. The Morgan fingerprint density at radius 2 is 2.00 bits per heavy atom. The molecule has 7 heteroatoms. The number of rotatable bonds is 2. The van der Waals surface area contributed by atoms with E-state index < -0.39 is 23.6 Å². The summed E-state index contributed by atoms with van der Waals surface area (Å²) >= 11 is 5.43. The molecule has 0 atom stereocenters. The van der Waals surface area contributed by atoms with Gasteiger partial charge in [-0.15, -0.1) is 13.2 Å². The molecule has 1 N–H and O–H groups in total. The zero-order valence-electron chi connectivity index (χ0n) is 7.01. The first-order chi connectivity index (χ1) is 6.81. The SMILES string of the molecule is O=C(O)c1c(Cl)cccc1OC(F)(F)F. The van der Waals surface area contributed by atoms with Crippen molar-refractivity contribution in [1.82, 2.24) is 0 Å². The molecule has 1 aromatic carbocycles. The van der Waals surface area contributed by atoms with Gasteiger partial charge in [-0.3, -0.25) is 0 Å². The lowest BCUT2D eigenvalue weighted by Gasteiger charge is -2.11. The molecule has 0 aromatic heterocycles. The Morgan fingerprint density at radius 1 is 1.40 bits per heavy atom. The van der Waals surface area contributed by atoms with Gasteiger partial charge in [0.2, 0.25) is 0 Å². The van der Waals surface area contributed by atoms with Gasteiger partial charge in [-0.2, -0.15) is 0 Å². The Hall–Kier alpha value is -1.43. The highest BCUT2D eigenvalue weighted by atomic mass is 35.5. The second-order valence-corrected chi connectivity index (χ2v) is 2.87. The van der Waals surface area contributed by atoms with E-state index in [9.17, 15) is 18.0 Å². The van der Waals surface area contributed by atoms with Crippen LogP contribution >= 0.6 is 11.6 Å². The molecule has 0 saturated heterocycles. The Labute approximate surface area is 87.0 Å². The molecule has 0 amide bonds. The van der Waals surface area contributed by atoms with Crippen molar-refractivity contribution < 1.29 is 27.8 Å². The summed E-state index contributed by atoms with van der Waals surface area (Å²) in [6, 6.07) is 3.20. The van der Waals surface area contributed by atoms with E-state index in [0.29, 0.717) is 0 Å². The van der Waals surface area contributed by atoms with Crippen molar-refractivity contribution in [2.75, 3.05) is 0 Å². The molecule has 1 rings (SSSR count). The number of carboxylic acid groups (broad SMARTS) is 1. The van der Waals surface area contributed by atoms with E-state index in [-0.39, 0.29) is 5.02 Å². The van der Waals surface area contributed by atoms with Crippen LogP contribution in [0.2, 0.25) is 5.02 Å². The minimum Gasteiger partial charge on any atom is -0.478 e. The summed E-state index contributed by atoms with van der Waals surface area (Å²) in [5.74, 6) is -2.41. The van der Waals surface area contributed by atoms with Crippen LogP contribution in [0.3, 0.4) is 0 Å². The molecule has 0 spiro atoms. The van der Waals surface area contributed by atoms with Crippen LogP contribution in [0, 0.1) is 0 Å². The molecule has 1 aromatic rings. The lowest BCUT2D eigenvalue weighted by molar-refractivity contribution is -0.274. The largest absolute Gasteiger partial charge is 0.573 e. The van der Waals surface area contributed by atoms with Crippen molar-refractivity contribution in [3.05, 3.63) is 28.8 Å². The third kappa shape index (κ3) is 3.02. The third-order valence-corrected chi connectivity index (χ3v) is 1.73. The number of ether oxygens (including phenoxy) is 1. The molecular weight excluding hydrogens is 237 g/mol. The lowest BCUT2D eigenvalue weighted by atomic mass is 10.2. The van der Waals surface area contributed by atoms with Crippen LogP contribution in [0.5, 0.6) is 5.75 Å². The van der Waals surface area contributed by atoms with Gasteiger partial charge in [0.25, 0.3) is 0 Å². The molecule has 0 fully saturated rings. The highest BCUT2D eigenvalue weighted by Gasteiger charge is 2.33. The Bertz CT molecular complexity index is 389. The van der Waals surface area contributed by atoms with Crippen molar-refractivity contribution in [3.8, 4) is 5.75 Å². The summed E-state index contributed by atoms with van der Waals surface area (Å²) in [7, 11) is 0. The fraction of sp³-hybridized carbons (Fsp3) is 0.125. The topological polar surface area (TPSA) is 46.5 Å². The van der Waals surface area contributed by atoms with Crippen LogP contribution in [-0.4, -0.2) is 17.4 Å². The van der Waals surface area contributed by atoms with Crippen molar-refractivity contribution in [2.24, 2.45) is 0 Å². The Kier molecular flexibility index (Phi) is 3.09. The smallest absolute Gasteiger partial charge is 0.478 e. The molecule has 0 saturated carbocycles. The summed E-state index contributed by atoms with van der Waals surface area (Å²) < 4.78 is 39.1. The van der Waals surface area contributed by atoms with Gasteiger partial charge in [-0.05, 0) is 12.1 Å². The molecular formula is C8H4ClF3O3. The highest BCUT2D eigenvalue weighted by Crippen LogP contribution is 2.30. The third-order valence-electron chi connectivity index (χ3n) is 1.41. The van der Waals surface area contributed by atoms with Crippen LogP contribution in [0.25, 0.3) is 0 Å². The summed E-state index contributed by atoms with van der Waals surface area (Å²) in [6.07, 6.45) is -4.95. The standard InChI is InChI=1S/C8H4ClF3O3/c9-4-2-1-3-5(6(4)7(13)14)15-8(10,11)12/h1-3H,(H,13,14). The van der Waals surface area contributed by atoms with Gasteiger partial charge in [-0.25, -0.2) is 4.79 Å². The van der Waals surface area contributed by atoms with E-state index >= 15 is 0 Å². The maximum Gasteiger partial charge on any atom is 0.573 e. The predicted molar refractivity (Wildman–Crippen MR) is 45.1 cm³/mol. The molecule has 0 bridgehead atoms. The molecule has 0 radical (unpaired) electrons. The van der Waals surface area contributed by atoms with E-state index in [2.05, 4.69) is 4.74 Å². The summed E-state index contributed by atoms with van der Waals surface area (Å²) in [5, 5.41) is 8.30. The highest BCUT2D eigenvalue weighted by molar-refractivity contribution is 6.33. The van der Waals surface area contributed by atoms with Gasteiger partial charge in [0.1, 0.15) is 11.3 Å². The minimum absolute atomic E-state index is 0.316. The van der Waals surface area contributed by atoms with Crippen LogP contribution in [0.1, 0.15) is 10.4 Å². The van der Waals surface area contributed by atoms with Crippen LogP contribution in [0.4, 0.5) is 13.2 Å². The number of hydrogen-bond acceptors (Lipinski definition) is 2. The predicted octanol–water partition coefficient (Wildman–Crippen LogP) is 2.94. The van der Waals surface area contributed by atoms with Crippen LogP contribution in [0.15, 0.2) is 18.2 Å². The average Bonchev–Trinajstić information content (AvgIpc) is 1.99. The number of benzene rings is 1. The Balaban J connectivity index is 3.18. The van der Waals surface area contributed by atoms with E-state index in [1.54, 1.807) is 0 Å². The second-order valence-electron chi connectivity index (χ2n) is 2.47. The fourth-order valence-electron chi connectivity index (χ4n) is 0.922. The average molecular weight is 241 g/mol. The first-order valence-electron chi connectivity index (χ1n) is 3.59. The van der Waals surface area contributed by atoms with E-state index in [1.807, 2.05) is 0 Å². The number of carbonyl (C=O) groups is 1. The number of halogens is 4. The fourth-order valence-corrected chi connectivity index (χ4v) is 1.17. The first kappa shape index (κ1) is 11.6. The number of alkyl halides is 3. The Morgan fingerprint density at radius 3 is 2.47 bits per heavy atom. The second kappa shape index (κ2) is 3.98. The summed E-state index contributed by atoms with van der Waals surface area (Å²) in [5.41, 5.74) is -0.712. The molecule has 0 aliphatic carbocycles. The molecule has 15 heavy (non-hydrogen) atoms. The van der Waals surface area contributed by atoms with Gasteiger partial charge in [0, 0.05) is 0 Å². The molecule has 3 nitrogen and oxygen atoms in total. The van der Waals surface area contributed by atoms with Crippen molar-refractivity contribution >= 4 is 17.6 Å². The number of hydrogen-bond donors (Lipinski definition) is 1. The zero-order chi connectivity index (χ0) is 11.6. The summed E-state index contributed by atoms with van der Waals surface area (Å²) in [6.45, 7) is 0. The van der Waals surface area contributed by atoms with Crippen LogP contribution < -0.4 is 4.74 Å². The van der Waals surface area contributed by atoms with E-state index in [0.717, 1.165) is 18.2 Å². The lowest BCUT2D eigenvalue weighted by Crippen LogP contribution is -2.19. The van der Waals surface area contributed by atoms with E-state index in [1.165, 1.54) is 0 Å². The maximum atomic E-state index is 11.9. The van der Waals surface area contributed by atoms with Crippen molar-refractivity contribution in [2.45, 2.75) is 6.36 Å². The normalized spacial score (nSPS) is 11.2. The molecule has 0 heterocycles. The van der Waals surface area contributed by atoms with Crippen LogP contribution in [-0.2, 0) is 0 Å². The molecule has 0 aliphatic heterocycles. The zero-order valence-corrected chi connectivity index (χ0v) is 7.76. The van der Waals surface area contributed by atoms with E-state index in [4.69, 9.17) is 16.7 Å². The molecule has 82 valence electrons.